The molecule has 0 N–H and O–H groups in total. The van der Waals surface area contributed by atoms with Crippen molar-refractivity contribution in [2.24, 2.45) is 13.0 Å². The van der Waals surface area contributed by atoms with E-state index >= 15 is 0 Å². The molecule has 0 radical (unpaired) electrons. The smallest absolute Gasteiger partial charge is 0.149 e. The van der Waals surface area contributed by atoms with Gasteiger partial charge < -0.3 is 0 Å². The van der Waals surface area contributed by atoms with Gasteiger partial charge in [-0.05, 0) is 25.7 Å². The SMILES string of the molecule is CC=CC(C1CC1)n1cc(-c2nc(-c3cnn(C)c3)cc3nccn23)cn1. The molecule has 5 rings (SSSR count). The monoisotopic (exact) mass is 359 g/mol. The Labute approximate surface area is 157 Å². The second-order valence-corrected chi connectivity index (χ2v) is 7.09. The predicted octanol–water partition coefficient (Wildman–Crippen LogP) is 3.52. The highest BCUT2D eigenvalue weighted by molar-refractivity contribution is 5.68. The summed E-state index contributed by atoms with van der Waals surface area (Å²) in [5.41, 5.74) is 3.68. The summed E-state index contributed by atoms with van der Waals surface area (Å²) in [7, 11) is 1.90. The number of rotatable bonds is 5. The molecule has 27 heavy (non-hydrogen) atoms. The lowest BCUT2D eigenvalue weighted by Crippen LogP contribution is -2.08. The van der Waals surface area contributed by atoms with Crippen molar-refractivity contribution in [3.63, 3.8) is 0 Å². The molecular weight excluding hydrogens is 338 g/mol. The number of hydrogen-bond donors (Lipinski definition) is 0. The molecule has 0 bridgehead atoms. The number of aromatic nitrogens is 7. The Morgan fingerprint density at radius 2 is 2.00 bits per heavy atom. The van der Waals surface area contributed by atoms with Crippen molar-refractivity contribution in [2.75, 3.05) is 0 Å². The topological polar surface area (TPSA) is 65.8 Å². The summed E-state index contributed by atoms with van der Waals surface area (Å²) in [5, 5.41) is 8.91. The molecule has 0 aromatic carbocycles. The van der Waals surface area contributed by atoms with Crippen LogP contribution in [0.15, 0.2) is 55.4 Å². The number of nitrogens with zero attached hydrogens (tertiary/aromatic N) is 7. The Bertz CT molecular complexity index is 1130. The Kier molecular flexibility index (Phi) is 3.67. The van der Waals surface area contributed by atoms with Crippen molar-refractivity contribution in [3.8, 4) is 22.6 Å². The van der Waals surface area contributed by atoms with E-state index < -0.39 is 0 Å². The van der Waals surface area contributed by atoms with Gasteiger partial charge in [0.25, 0.3) is 0 Å². The standard InChI is InChI=1S/C20H21N7/c1-3-4-18(14-5-6-14)27-13-16(11-23-27)20-24-17(15-10-22-25(2)12-15)9-19-21-7-8-26(19)20/h3-4,7-14,18H,5-6H2,1-2H3. The zero-order valence-electron chi connectivity index (χ0n) is 15.4. The van der Waals surface area contributed by atoms with E-state index in [9.17, 15) is 0 Å². The molecule has 1 aliphatic carbocycles. The number of hydrogen-bond acceptors (Lipinski definition) is 4. The first-order valence-corrected chi connectivity index (χ1v) is 9.23. The van der Waals surface area contributed by atoms with Crippen LogP contribution in [-0.2, 0) is 7.05 Å². The first kappa shape index (κ1) is 16.0. The van der Waals surface area contributed by atoms with Gasteiger partial charge in [-0.15, -0.1) is 0 Å². The van der Waals surface area contributed by atoms with Crippen LogP contribution in [0.25, 0.3) is 28.3 Å². The maximum absolute atomic E-state index is 4.90. The van der Waals surface area contributed by atoms with Gasteiger partial charge in [0.05, 0.1) is 29.7 Å². The summed E-state index contributed by atoms with van der Waals surface area (Å²) >= 11 is 0. The Balaban J connectivity index is 1.61. The van der Waals surface area contributed by atoms with Gasteiger partial charge in [-0.25, -0.2) is 9.97 Å². The van der Waals surface area contributed by atoms with Crippen LogP contribution in [0.3, 0.4) is 0 Å². The summed E-state index contributed by atoms with van der Waals surface area (Å²) in [4.78, 5) is 9.37. The predicted molar refractivity (Wildman–Crippen MR) is 103 cm³/mol. The van der Waals surface area contributed by atoms with Crippen LogP contribution in [0.4, 0.5) is 0 Å². The molecule has 4 heterocycles. The van der Waals surface area contributed by atoms with Gasteiger partial charge in [-0.1, -0.05) is 12.2 Å². The van der Waals surface area contributed by atoms with Crippen molar-refractivity contribution < 1.29 is 0 Å². The fraction of sp³-hybridized carbons (Fsp3) is 0.300. The van der Waals surface area contributed by atoms with Crippen LogP contribution in [0.5, 0.6) is 0 Å². The molecule has 4 aromatic rings. The number of allylic oxidation sites excluding steroid dienone is 2. The fourth-order valence-corrected chi connectivity index (χ4v) is 3.54. The second kappa shape index (κ2) is 6.19. The van der Waals surface area contributed by atoms with Gasteiger partial charge in [0, 0.05) is 43.5 Å². The third kappa shape index (κ3) is 2.85. The van der Waals surface area contributed by atoms with Crippen molar-refractivity contribution in [1.82, 2.24) is 33.9 Å². The molecule has 0 amide bonds. The Morgan fingerprint density at radius 1 is 1.15 bits per heavy atom. The molecule has 1 atom stereocenters. The lowest BCUT2D eigenvalue weighted by Gasteiger charge is -2.12. The molecule has 7 nitrogen and oxygen atoms in total. The quantitative estimate of drug-likeness (QED) is 0.511. The first-order chi connectivity index (χ1) is 13.2. The molecule has 1 unspecified atom stereocenters. The van der Waals surface area contributed by atoms with Gasteiger partial charge in [-0.3, -0.25) is 13.8 Å². The Hall–Kier alpha value is -3.22. The summed E-state index contributed by atoms with van der Waals surface area (Å²) in [6.45, 7) is 2.06. The van der Waals surface area contributed by atoms with Crippen LogP contribution in [-0.4, -0.2) is 33.9 Å². The second-order valence-electron chi connectivity index (χ2n) is 7.09. The van der Waals surface area contributed by atoms with Gasteiger partial charge in [-0.2, -0.15) is 10.2 Å². The zero-order chi connectivity index (χ0) is 18.4. The highest BCUT2D eigenvalue weighted by Gasteiger charge is 2.31. The van der Waals surface area contributed by atoms with Gasteiger partial charge in [0.15, 0.2) is 0 Å². The Morgan fingerprint density at radius 3 is 2.74 bits per heavy atom. The average molecular weight is 359 g/mol. The third-order valence-corrected chi connectivity index (χ3v) is 5.05. The normalized spacial score (nSPS) is 15.8. The van der Waals surface area contributed by atoms with E-state index in [1.807, 2.05) is 42.3 Å². The molecule has 0 spiro atoms. The fourth-order valence-electron chi connectivity index (χ4n) is 3.54. The highest BCUT2D eigenvalue weighted by atomic mass is 15.3. The minimum atomic E-state index is 0.323. The van der Waals surface area contributed by atoms with E-state index in [0.29, 0.717) is 12.0 Å². The highest BCUT2D eigenvalue weighted by Crippen LogP contribution is 2.40. The van der Waals surface area contributed by atoms with E-state index in [1.165, 1.54) is 12.8 Å². The number of fused-ring (bicyclic) bond motifs is 1. The minimum Gasteiger partial charge on any atom is -0.284 e. The van der Waals surface area contributed by atoms with E-state index in [2.05, 4.69) is 45.1 Å². The minimum absolute atomic E-state index is 0.323. The molecule has 1 aliphatic rings. The first-order valence-electron chi connectivity index (χ1n) is 9.23. The van der Waals surface area contributed by atoms with E-state index in [0.717, 1.165) is 28.3 Å². The van der Waals surface area contributed by atoms with Crippen LogP contribution in [0, 0.1) is 5.92 Å². The molecule has 1 fully saturated rings. The lowest BCUT2D eigenvalue weighted by atomic mass is 10.2. The van der Waals surface area contributed by atoms with Crippen LogP contribution < -0.4 is 0 Å². The molecule has 0 saturated heterocycles. The molecule has 7 heteroatoms. The van der Waals surface area contributed by atoms with Gasteiger partial charge in [0.1, 0.15) is 11.5 Å². The third-order valence-electron chi connectivity index (χ3n) is 5.05. The maximum atomic E-state index is 4.90. The van der Waals surface area contributed by atoms with Gasteiger partial charge in [0.2, 0.25) is 0 Å². The van der Waals surface area contributed by atoms with Crippen LogP contribution in [0.1, 0.15) is 25.8 Å². The molecular formula is C20H21N7. The van der Waals surface area contributed by atoms with Crippen molar-refractivity contribution >= 4 is 5.65 Å². The van der Waals surface area contributed by atoms with Gasteiger partial charge >= 0.3 is 0 Å². The van der Waals surface area contributed by atoms with Crippen molar-refractivity contribution in [1.29, 1.82) is 0 Å². The molecule has 0 aliphatic heterocycles. The largest absolute Gasteiger partial charge is 0.284 e. The molecule has 136 valence electrons. The number of imidazole rings is 1. The van der Waals surface area contributed by atoms with Crippen LogP contribution >= 0.6 is 0 Å². The summed E-state index contributed by atoms with van der Waals surface area (Å²) in [6.07, 6.45) is 18.4. The van der Waals surface area contributed by atoms with Crippen molar-refractivity contribution in [3.05, 3.63) is 55.4 Å². The van der Waals surface area contributed by atoms with E-state index in [1.54, 1.807) is 10.9 Å². The summed E-state index contributed by atoms with van der Waals surface area (Å²) < 4.78 is 5.85. The van der Waals surface area contributed by atoms with Crippen LogP contribution in [0.2, 0.25) is 0 Å². The van der Waals surface area contributed by atoms with E-state index in [-0.39, 0.29) is 0 Å². The maximum Gasteiger partial charge on any atom is 0.149 e. The summed E-state index contributed by atoms with van der Waals surface area (Å²) in [5.74, 6) is 1.53. The van der Waals surface area contributed by atoms with E-state index in [4.69, 9.17) is 4.98 Å². The average Bonchev–Trinajstić information content (AvgIpc) is 3.07. The molecule has 1 saturated carbocycles. The lowest BCUT2D eigenvalue weighted by molar-refractivity contribution is 0.485. The van der Waals surface area contributed by atoms with Crippen molar-refractivity contribution in [2.45, 2.75) is 25.8 Å². The number of aryl methyl sites for hydroxylation is 1. The summed E-state index contributed by atoms with van der Waals surface area (Å²) in [6, 6.07) is 2.31. The zero-order valence-corrected chi connectivity index (χ0v) is 15.4. The molecule has 4 aromatic heterocycles.